The summed E-state index contributed by atoms with van der Waals surface area (Å²) in [5, 5.41) is 9.08. The lowest BCUT2D eigenvalue weighted by atomic mass is 10.2. The van der Waals surface area contributed by atoms with Crippen LogP contribution in [0.25, 0.3) is 0 Å². The molecule has 110 valence electrons. The molecule has 2 rings (SSSR count). The monoisotopic (exact) mass is 350 g/mol. The van der Waals surface area contributed by atoms with Gasteiger partial charge < -0.3 is 14.6 Å². The van der Waals surface area contributed by atoms with Crippen molar-refractivity contribution in [2.24, 2.45) is 0 Å². The summed E-state index contributed by atoms with van der Waals surface area (Å²) < 4.78 is 11.8. The van der Waals surface area contributed by atoms with Gasteiger partial charge in [-0.1, -0.05) is 30.3 Å². The molecule has 21 heavy (non-hydrogen) atoms. The van der Waals surface area contributed by atoms with E-state index in [-0.39, 0.29) is 5.56 Å². The third kappa shape index (κ3) is 3.98. The molecule has 0 heterocycles. The molecular weight excluding hydrogens is 336 g/mol. The van der Waals surface area contributed by atoms with E-state index in [4.69, 9.17) is 14.6 Å². The third-order valence-electron chi connectivity index (χ3n) is 2.78. The Morgan fingerprint density at radius 3 is 2.52 bits per heavy atom. The largest absolute Gasteiger partial charge is 0.490 e. The molecule has 0 saturated heterocycles. The molecule has 0 fully saturated rings. The standard InChI is InChI=1S/C16H15BrO4/c1-2-20-14-9-12(16(18)19)8-13(17)15(14)21-10-11-6-4-3-5-7-11/h3-9H,2,10H2,1H3,(H,18,19). The van der Waals surface area contributed by atoms with Crippen molar-refractivity contribution < 1.29 is 19.4 Å². The van der Waals surface area contributed by atoms with Crippen molar-refractivity contribution in [3.63, 3.8) is 0 Å². The van der Waals surface area contributed by atoms with Crippen molar-refractivity contribution in [3.05, 3.63) is 58.1 Å². The summed E-state index contributed by atoms with van der Waals surface area (Å²) in [6.45, 7) is 2.64. The van der Waals surface area contributed by atoms with E-state index in [1.807, 2.05) is 37.3 Å². The van der Waals surface area contributed by atoms with Crippen LogP contribution >= 0.6 is 15.9 Å². The molecule has 2 aromatic carbocycles. The lowest BCUT2D eigenvalue weighted by Crippen LogP contribution is -2.03. The molecule has 0 aliphatic heterocycles. The lowest BCUT2D eigenvalue weighted by molar-refractivity contribution is 0.0696. The number of aromatic carboxylic acids is 1. The number of ether oxygens (including phenoxy) is 2. The fourth-order valence-electron chi connectivity index (χ4n) is 1.82. The van der Waals surface area contributed by atoms with E-state index in [2.05, 4.69) is 15.9 Å². The number of benzene rings is 2. The lowest BCUT2D eigenvalue weighted by Gasteiger charge is -2.14. The Morgan fingerprint density at radius 1 is 1.19 bits per heavy atom. The van der Waals surface area contributed by atoms with Gasteiger partial charge in [0.25, 0.3) is 0 Å². The second-order valence-electron chi connectivity index (χ2n) is 4.30. The minimum Gasteiger partial charge on any atom is -0.490 e. The fraction of sp³-hybridized carbons (Fsp3) is 0.188. The molecule has 0 saturated carbocycles. The molecule has 1 N–H and O–H groups in total. The van der Waals surface area contributed by atoms with Crippen LogP contribution in [0.2, 0.25) is 0 Å². The summed E-state index contributed by atoms with van der Waals surface area (Å²) in [5.74, 6) is -0.0860. The van der Waals surface area contributed by atoms with Crippen molar-refractivity contribution in [3.8, 4) is 11.5 Å². The number of halogens is 1. The van der Waals surface area contributed by atoms with E-state index in [0.717, 1.165) is 5.56 Å². The molecule has 0 unspecified atom stereocenters. The summed E-state index contributed by atoms with van der Waals surface area (Å²) >= 11 is 3.34. The molecule has 0 amide bonds. The van der Waals surface area contributed by atoms with Gasteiger partial charge in [0.2, 0.25) is 0 Å². The molecular formula is C16H15BrO4. The predicted octanol–water partition coefficient (Wildman–Crippen LogP) is 4.13. The average Bonchev–Trinajstić information content (AvgIpc) is 2.47. The first kappa shape index (κ1) is 15.4. The van der Waals surface area contributed by atoms with Crippen LogP contribution in [-0.4, -0.2) is 17.7 Å². The minimum absolute atomic E-state index is 0.150. The van der Waals surface area contributed by atoms with Crippen LogP contribution in [0.1, 0.15) is 22.8 Å². The van der Waals surface area contributed by atoms with Gasteiger partial charge in [-0.25, -0.2) is 4.79 Å². The van der Waals surface area contributed by atoms with E-state index >= 15 is 0 Å². The highest BCUT2D eigenvalue weighted by molar-refractivity contribution is 9.10. The second-order valence-corrected chi connectivity index (χ2v) is 5.15. The Bertz CT molecular complexity index is 626. The van der Waals surface area contributed by atoms with E-state index in [0.29, 0.717) is 29.2 Å². The number of carboxylic acid groups (broad SMARTS) is 1. The average molecular weight is 351 g/mol. The van der Waals surface area contributed by atoms with Gasteiger partial charge in [0, 0.05) is 0 Å². The Balaban J connectivity index is 2.26. The third-order valence-corrected chi connectivity index (χ3v) is 3.37. The minimum atomic E-state index is -1.01. The molecule has 0 aromatic heterocycles. The zero-order valence-electron chi connectivity index (χ0n) is 11.5. The van der Waals surface area contributed by atoms with Crippen molar-refractivity contribution in [1.82, 2.24) is 0 Å². The Hall–Kier alpha value is -2.01. The van der Waals surface area contributed by atoms with Gasteiger partial charge >= 0.3 is 5.97 Å². The molecule has 0 radical (unpaired) electrons. The Kier molecular flexibility index (Phi) is 5.22. The van der Waals surface area contributed by atoms with E-state index < -0.39 is 5.97 Å². The second kappa shape index (κ2) is 7.13. The zero-order chi connectivity index (χ0) is 15.2. The summed E-state index contributed by atoms with van der Waals surface area (Å²) in [7, 11) is 0. The van der Waals surface area contributed by atoms with Gasteiger partial charge in [-0.3, -0.25) is 0 Å². The number of rotatable bonds is 6. The van der Waals surface area contributed by atoms with Crippen LogP contribution in [0, 0.1) is 0 Å². The van der Waals surface area contributed by atoms with E-state index in [1.54, 1.807) is 0 Å². The van der Waals surface area contributed by atoms with Crippen LogP contribution in [0.4, 0.5) is 0 Å². The van der Waals surface area contributed by atoms with Gasteiger partial charge in [-0.15, -0.1) is 0 Å². The maximum atomic E-state index is 11.1. The van der Waals surface area contributed by atoms with E-state index in [1.165, 1.54) is 12.1 Å². The topological polar surface area (TPSA) is 55.8 Å². The Morgan fingerprint density at radius 2 is 1.90 bits per heavy atom. The van der Waals surface area contributed by atoms with Gasteiger partial charge in [-0.2, -0.15) is 0 Å². The van der Waals surface area contributed by atoms with Gasteiger partial charge in [0.05, 0.1) is 16.6 Å². The molecule has 0 aliphatic rings. The predicted molar refractivity (Wildman–Crippen MR) is 83.0 cm³/mol. The van der Waals surface area contributed by atoms with Crippen LogP contribution in [0.15, 0.2) is 46.9 Å². The van der Waals surface area contributed by atoms with Crippen LogP contribution in [0.5, 0.6) is 11.5 Å². The molecule has 5 heteroatoms. The summed E-state index contributed by atoms with van der Waals surface area (Å²) in [6.07, 6.45) is 0. The molecule has 0 aliphatic carbocycles. The molecule has 2 aromatic rings. The molecule has 0 atom stereocenters. The first-order valence-corrected chi connectivity index (χ1v) is 7.27. The van der Waals surface area contributed by atoms with Crippen LogP contribution in [-0.2, 0) is 6.61 Å². The van der Waals surface area contributed by atoms with Crippen molar-refractivity contribution in [2.45, 2.75) is 13.5 Å². The highest BCUT2D eigenvalue weighted by Gasteiger charge is 2.15. The van der Waals surface area contributed by atoms with Gasteiger partial charge in [-0.05, 0) is 40.5 Å². The highest BCUT2D eigenvalue weighted by atomic mass is 79.9. The first-order valence-electron chi connectivity index (χ1n) is 6.48. The van der Waals surface area contributed by atoms with Crippen LogP contribution in [0.3, 0.4) is 0 Å². The first-order chi connectivity index (χ1) is 10.1. The summed E-state index contributed by atoms with van der Waals surface area (Å²) in [5.41, 5.74) is 1.17. The smallest absolute Gasteiger partial charge is 0.335 e. The Labute approximate surface area is 131 Å². The van der Waals surface area contributed by atoms with Crippen molar-refractivity contribution in [2.75, 3.05) is 6.61 Å². The van der Waals surface area contributed by atoms with Gasteiger partial charge in [0.1, 0.15) is 6.61 Å². The SMILES string of the molecule is CCOc1cc(C(=O)O)cc(Br)c1OCc1ccccc1. The fourth-order valence-corrected chi connectivity index (χ4v) is 2.38. The molecule has 4 nitrogen and oxygen atoms in total. The molecule has 0 bridgehead atoms. The molecule has 0 spiro atoms. The highest BCUT2D eigenvalue weighted by Crippen LogP contribution is 2.37. The van der Waals surface area contributed by atoms with Gasteiger partial charge in [0.15, 0.2) is 11.5 Å². The number of hydrogen-bond donors (Lipinski definition) is 1. The summed E-state index contributed by atoms with van der Waals surface area (Å²) in [4.78, 5) is 11.1. The van der Waals surface area contributed by atoms with Crippen LogP contribution < -0.4 is 9.47 Å². The number of hydrogen-bond acceptors (Lipinski definition) is 3. The zero-order valence-corrected chi connectivity index (χ0v) is 13.1. The summed E-state index contributed by atoms with van der Waals surface area (Å²) in [6, 6.07) is 12.7. The maximum absolute atomic E-state index is 11.1. The quantitative estimate of drug-likeness (QED) is 0.850. The number of carbonyl (C=O) groups is 1. The number of carboxylic acids is 1. The van der Waals surface area contributed by atoms with E-state index in [9.17, 15) is 4.79 Å². The van der Waals surface area contributed by atoms with Crippen molar-refractivity contribution in [1.29, 1.82) is 0 Å². The normalized spacial score (nSPS) is 10.2. The maximum Gasteiger partial charge on any atom is 0.335 e. The van der Waals surface area contributed by atoms with Crippen molar-refractivity contribution >= 4 is 21.9 Å².